The van der Waals surface area contributed by atoms with Crippen LogP contribution in [0.15, 0.2) is 60.8 Å². The third kappa shape index (κ3) is 6.00. The van der Waals surface area contributed by atoms with E-state index in [9.17, 15) is 23.2 Å². The number of anilines is 1. The van der Waals surface area contributed by atoms with E-state index < -0.39 is 17.2 Å². The maximum atomic E-state index is 13.2. The topological polar surface area (TPSA) is 90.3 Å². The molecule has 214 valence electrons. The molecule has 3 aromatic rings. The molecule has 2 saturated heterocycles. The zero-order valence-electron chi connectivity index (χ0n) is 22.8. The van der Waals surface area contributed by atoms with Crippen molar-refractivity contribution in [3.63, 3.8) is 0 Å². The van der Waals surface area contributed by atoms with E-state index in [0.717, 1.165) is 34.7 Å². The Morgan fingerprint density at radius 3 is 2.54 bits per heavy atom. The van der Waals surface area contributed by atoms with Gasteiger partial charge in [-0.2, -0.15) is 18.4 Å². The SMILES string of the molecule is CCOc1ccccc1-c1ccc(C2(CNC(=O)C3CNC3)CCN(c3ccc(C(F)(F)F)cc3C#N)CC2)cn1. The summed E-state index contributed by atoms with van der Waals surface area (Å²) < 4.78 is 45.5. The minimum Gasteiger partial charge on any atom is -0.493 e. The molecular weight excluding hydrogens is 531 g/mol. The number of amides is 1. The Morgan fingerprint density at radius 1 is 1.17 bits per heavy atom. The van der Waals surface area contributed by atoms with Crippen LogP contribution in [0.1, 0.15) is 36.5 Å². The van der Waals surface area contributed by atoms with Crippen LogP contribution in [0, 0.1) is 17.2 Å². The highest BCUT2D eigenvalue weighted by Gasteiger charge is 2.39. The second kappa shape index (κ2) is 11.8. The lowest BCUT2D eigenvalue weighted by Gasteiger charge is -2.43. The van der Waals surface area contributed by atoms with Crippen LogP contribution in [0.25, 0.3) is 11.3 Å². The first-order valence-corrected chi connectivity index (χ1v) is 13.8. The summed E-state index contributed by atoms with van der Waals surface area (Å²) in [5.74, 6) is 0.716. The molecule has 2 aliphatic heterocycles. The fourth-order valence-electron chi connectivity index (χ4n) is 5.52. The number of aromatic nitrogens is 1. The number of hydrogen-bond acceptors (Lipinski definition) is 6. The lowest BCUT2D eigenvalue weighted by Crippen LogP contribution is -2.54. The molecule has 1 aromatic heterocycles. The van der Waals surface area contributed by atoms with Gasteiger partial charge in [0, 0.05) is 49.9 Å². The summed E-state index contributed by atoms with van der Waals surface area (Å²) in [5, 5.41) is 15.9. The molecule has 2 aromatic carbocycles. The summed E-state index contributed by atoms with van der Waals surface area (Å²) in [4.78, 5) is 19.5. The predicted octanol–water partition coefficient (Wildman–Crippen LogP) is 4.91. The molecule has 7 nitrogen and oxygen atoms in total. The van der Waals surface area contributed by atoms with Crippen LogP contribution in [0.3, 0.4) is 0 Å². The molecule has 0 saturated carbocycles. The van der Waals surface area contributed by atoms with Crippen LogP contribution in [0.4, 0.5) is 18.9 Å². The molecule has 2 fully saturated rings. The van der Waals surface area contributed by atoms with Crippen molar-refractivity contribution in [3.8, 4) is 23.1 Å². The van der Waals surface area contributed by atoms with E-state index in [2.05, 4.69) is 10.6 Å². The van der Waals surface area contributed by atoms with Crippen molar-refractivity contribution in [2.24, 2.45) is 5.92 Å². The number of para-hydroxylation sites is 1. The third-order valence-electron chi connectivity index (χ3n) is 8.10. The minimum absolute atomic E-state index is 0.00269. The molecule has 41 heavy (non-hydrogen) atoms. The quantitative estimate of drug-likeness (QED) is 0.405. The molecule has 2 aliphatic rings. The first kappa shape index (κ1) is 28.4. The van der Waals surface area contributed by atoms with Gasteiger partial charge >= 0.3 is 6.18 Å². The third-order valence-corrected chi connectivity index (χ3v) is 8.10. The predicted molar refractivity (Wildman–Crippen MR) is 149 cm³/mol. The average molecular weight is 564 g/mol. The molecule has 0 aliphatic carbocycles. The van der Waals surface area contributed by atoms with Crippen LogP contribution in [0.2, 0.25) is 0 Å². The number of nitrogens with one attached hydrogen (secondary N) is 2. The largest absolute Gasteiger partial charge is 0.493 e. The maximum absolute atomic E-state index is 13.2. The van der Waals surface area contributed by atoms with E-state index in [1.54, 1.807) is 0 Å². The summed E-state index contributed by atoms with van der Waals surface area (Å²) in [6.07, 6.45) is -1.42. The van der Waals surface area contributed by atoms with Crippen molar-refractivity contribution >= 4 is 11.6 Å². The van der Waals surface area contributed by atoms with E-state index in [4.69, 9.17) is 9.72 Å². The normalized spacial score (nSPS) is 16.9. The van der Waals surface area contributed by atoms with Gasteiger partial charge in [-0.15, -0.1) is 0 Å². The van der Waals surface area contributed by atoms with Gasteiger partial charge < -0.3 is 20.3 Å². The molecule has 0 unspecified atom stereocenters. The van der Waals surface area contributed by atoms with Gasteiger partial charge in [0.1, 0.15) is 11.8 Å². The Balaban J connectivity index is 1.40. The number of rotatable bonds is 8. The zero-order chi connectivity index (χ0) is 29.0. The van der Waals surface area contributed by atoms with E-state index in [0.29, 0.717) is 57.9 Å². The van der Waals surface area contributed by atoms with Crippen LogP contribution in [-0.2, 0) is 16.4 Å². The summed E-state index contributed by atoms with van der Waals surface area (Å²) in [7, 11) is 0. The summed E-state index contributed by atoms with van der Waals surface area (Å²) in [6.45, 7) is 5.23. The van der Waals surface area contributed by atoms with Gasteiger partial charge in [0.15, 0.2) is 0 Å². The summed E-state index contributed by atoms with van der Waals surface area (Å²) >= 11 is 0. The van der Waals surface area contributed by atoms with Crippen molar-refractivity contribution in [2.75, 3.05) is 44.2 Å². The Kier molecular flexibility index (Phi) is 8.18. The Morgan fingerprint density at radius 2 is 1.93 bits per heavy atom. The molecule has 0 radical (unpaired) electrons. The lowest BCUT2D eigenvalue weighted by molar-refractivity contribution is -0.137. The Labute approximate surface area is 237 Å². The number of halogens is 3. The van der Waals surface area contributed by atoms with E-state index in [1.165, 1.54) is 6.07 Å². The van der Waals surface area contributed by atoms with Crippen molar-refractivity contribution in [1.29, 1.82) is 5.26 Å². The Hall–Kier alpha value is -4.10. The summed E-state index contributed by atoms with van der Waals surface area (Å²) in [5.41, 5.74) is 1.87. The second-order valence-corrected chi connectivity index (χ2v) is 10.5. The van der Waals surface area contributed by atoms with Gasteiger partial charge in [0.05, 0.1) is 35.0 Å². The maximum Gasteiger partial charge on any atom is 0.416 e. The molecular formula is C31H32F3N5O2. The number of piperidine rings is 1. The van der Waals surface area contributed by atoms with Crippen LogP contribution < -0.4 is 20.3 Å². The number of benzene rings is 2. The van der Waals surface area contributed by atoms with Crippen molar-refractivity contribution in [1.82, 2.24) is 15.6 Å². The van der Waals surface area contributed by atoms with Crippen LogP contribution in [0.5, 0.6) is 5.75 Å². The molecule has 2 N–H and O–H groups in total. The van der Waals surface area contributed by atoms with Gasteiger partial charge in [0.25, 0.3) is 0 Å². The molecule has 10 heteroatoms. The van der Waals surface area contributed by atoms with Crippen molar-refractivity contribution in [2.45, 2.75) is 31.4 Å². The van der Waals surface area contributed by atoms with E-state index in [-0.39, 0.29) is 17.4 Å². The number of carbonyl (C=O) groups is 1. The molecule has 3 heterocycles. The average Bonchev–Trinajstić information content (AvgIpc) is 2.95. The number of ether oxygens (including phenoxy) is 1. The van der Waals surface area contributed by atoms with Crippen molar-refractivity contribution < 1.29 is 22.7 Å². The highest BCUT2D eigenvalue weighted by Crippen LogP contribution is 2.39. The standard InChI is InChI=1S/C31H32F3N5O2/c1-2-41-28-6-4-3-5-25(28)26-9-7-24(19-37-26)30(20-38-29(40)22-17-36-18-22)11-13-39(14-12-30)27-10-8-23(31(32,33)34)15-21(27)16-35/h3-10,15,19,22,36H,2,11-14,17-18,20H2,1H3,(H,38,40). The first-order valence-electron chi connectivity index (χ1n) is 13.8. The molecule has 0 spiro atoms. The smallest absolute Gasteiger partial charge is 0.416 e. The van der Waals surface area contributed by atoms with Gasteiger partial charge in [-0.1, -0.05) is 18.2 Å². The molecule has 0 atom stereocenters. The highest BCUT2D eigenvalue weighted by atomic mass is 19.4. The van der Waals surface area contributed by atoms with Gasteiger partial charge in [-0.3, -0.25) is 9.78 Å². The number of nitriles is 1. The number of carbonyl (C=O) groups excluding carboxylic acids is 1. The molecule has 1 amide bonds. The Bertz CT molecular complexity index is 1420. The number of pyridine rings is 1. The molecule has 5 rings (SSSR count). The second-order valence-electron chi connectivity index (χ2n) is 10.5. The lowest BCUT2D eigenvalue weighted by atomic mass is 9.72. The van der Waals surface area contributed by atoms with Crippen LogP contribution >= 0.6 is 0 Å². The van der Waals surface area contributed by atoms with Crippen LogP contribution in [-0.4, -0.2) is 50.2 Å². The van der Waals surface area contributed by atoms with Gasteiger partial charge in [-0.25, -0.2) is 0 Å². The number of hydrogen-bond donors (Lipinski definition) is 2. The molecule has 0 bridgehead atoms. The first-order chi connectivity index (χ1) is 19.7. The number of nitrogens with zero attached hydrogens (tertiary/aromatic N) is 3. The monoisotopic (exact) mass is 563 g/mol. The zero-order valence-corrected chi connectivity index (χ0v) is 22.8. The fraction of sp³-hybridized carbons (Fsp3) is 0.387. The van der Waals surface area contributed by atoms with E-state index >= 15 is 0 Å². The fourth-order valence-corrected chi connectivity index (χ4v) is 5.52. The van der Waals surface area contributed by atoms with Gasteiger partial charge in [0.2, 0.25) is 5.91 Å². The van der Waals surface area contributed by atoms with Gasteiger partial charge in [-0.05, 0) is 61.7 Å². The van der Waals surface area contributed by atoms with Crippen molar-refractivity contribution in [3.05, 3.63) is 77.5 Å². The highest BCUT2D eigenvalue weighted by molar-refractivity contribution is 5.80. The summed E-state index contributed by atoms with van der Waals surface area (Å²) in [6, 6.07) is 17.0. The van der Waals surface area contributed by atoms with E-state index in [1.807, 2.05) is 60.5 Å². The minimum atomic E-state index is -4.52. The number of alkyl halides is 3.